The second kappa shape index (κ2) is 5.83. The fourth-order valence-corrected chi connectivity index (χ4v) is 3.32. The molecule has 0 spiro atoms. The molecule has 8 heteroatoms. The number of rotatable bonds is 3. The van der Waals surface area contributed by atoms with Gasteiger partial charge in [0.25, 0.3) is 0 Å². The molecule has 124 valence electrons. The molecule has 2 aromatic heterocycles. The zero-order valence-electron chi connectivity index (χ0n) is 12.9. The molecule has 24 heavy (non-hydrogen) atoms. The summed E-state index contributed by atoms with van der Waals surface area (Å²) in [4.78, 5) is 20.9. The van der Waals surface area contributed by atoms with Gasteiger partial charge in [-0.25, -0.2) is 14.5 Å². The maximum atomic E-state index is 11.0. The molecular formula is C16H16ClN5O2. The maximum absolute atomic E-state index is 11.0. The lowest BCUT2D eigenvalue weighted by molar-refractivity contribution is 0.0697. The van der Waals surface area contributed by atoms with Gasteiger partial charge in [-0.15, -0.1) is 0 Å². The van der Waals surface area contributed by atoms with Crippen LogP contribution in [-0.4, -0.2) is 43.9 Å². The minimum Gasteiger partial charge on any atom is -0.478 e. The van der Waals surface area contributed by atoms with Crippen molar-refractivity contribution in [3.8, 4) is 5.95 Å². The van der Waals surface area contributed by atoms with Crippen LogP contribution in [0.1, 0.15) is 29.6 Å². The number of carboxylic acids is 1. The molecule has 1 saturated heterocycles. The molecule has 0 radical (unpaired) electrons. The number of hydrogen-bond donors (Lipinski definition) is 2. The van der Waals surface area contributed by atoms with E-state index in [2.05, 4.69) is 20.0 Å². The van der Waals surface area contributed by atoms with Crippen molar-refractivity contribution in [1.29, 1.82) is 0 Å². The Kier molecular flexibility index (Phi) is 3.65. The number of piperidine rings is 1. The fourth-order valence-electron chi connectivity index (χ4n) is 3.04. The number of aromatic nitrogens is 4. The highest BCUT2D eigenvalue weighted by Gasteiger charge is 2.17. The van der Waals surface area contributed by atoms with Gasteiger partial charge in [0, 0.05) is 19.3 Å². The van der Waals surface area contributed by atoms with Gasteiger partial charge in [0.1, 0.15) is 0 Å². The topological polar surface area (TPSA) is 87.0 Å². The van der Waals surface area contributed by atoms with Crippen molar-refractivity contribution in [2.24, 2.45) is 0 Å². The van der Waals surface area contributed by atoms with Gasteiger partial charge >= 0.3 is 5.97 Å². The monoisotopic (exact) mass is 345 g/mol. The van der Waals surface area contributed by atoms with E-state index in [9.17, 15) is 4.79 Å². The summed E-state index contributed by atoms with van der Waals surface area (Å²) in [5.74, 6) is -0.558. The van der Waals surface area contributed by atoms with Crippen LogP contribution in [0.4, 0.5) is 5.69 Å². The van der Waals surface area contributed by atoms with Gasteiger partial charge < -0.3 is 15.0 Å². The Morgan fingerprint density at radius 3 is 2.75 bits per heavy atom. The number of H-pyrrole nitrogens is 1. The van der Waals surface area contributed by atoms with E-state index >= 15 is 0 Å². The SMILES string of the molecule is O=C(O)c1cnn(-c2nc3cc(Cl)c(N4CCCCC4)cc3[nH]2)c1. The molecule has 4 rings (SSSR count). The quantitative estimate of drug-likeness (QED) is 0.761. The van der Waals surface area contributed by atoms with E-state index < -0.39 is 5.97 Å². The molecule has 1 aromatic carbocycles. The Morgan fingerprint density at radius 1 is 1.25 bits per heavy atom. The fraction of sp³-hybridized carbons (Fsp3) is 0.312. The van der Waals surface area contributed by atoms with E-state index in [4.69, 9.17) is 16.7 Å². The van der Waals surface area contributed by atoms with E-state index in [-0.39, 0.29) is 5.56 Å². The predicted octanol–water partition coefficient (Wildman–Crippen LogP) is 3.09. The molecule has 1 aliphatic heterocycles. The maximum Gasteiger partial charge on any atom is 0.338 e. The summed E-state index contributed by atoms with van der Waals surface area (Å²) in [6.07, 6.45) is 6.33. The summed E-state index contributed by atoms with van der Waals surface area (Å²) >= 11 is 6.44. The number of anilines is 1. The number of aromatic carboxylic acids is 1. The zero-order chi connectivity index (χ0) is 16.7. The molecule has 0 bridgehead atoms. The molecule has 1 aliphatic rings. The van der Waals surface area contributed by atoms with Gasteiger partial charge in [-0.3, -0.25) is 0 Å². The van der Waals surface area contributed by atoms with Crippen LogP contribution < -0.4 is 4.90 Å². The molecule has 0 atom stereocenters. The summed E-state index contributed by atoms with van der Waals surface area (Å²) in [5, 5.41) is 13.7. The smallest absolute Gasteiger partial charge is 0.338 e. The third kappa shape index (κ3) is 2.60. The van der Waals surface area contributed by atoms with Crippen molar-refractivity contribution in [3.63, 3.8) is 0 Å². The van der Waals surface area contributed by atoms with Gasteiger partial charge in [-0.2, -0.15) is 5.10 Å². The molecule has 7 nitrogen and oxygen atoms in total. The number of imidazole rings is 1. The molecule has 0 unspecified atom stereocenters. The average Bonchev–Trinajstić information content (AvgIpc) is 3.21. The first-order chi connectivity index (χ1) is 11.6. The first-order valence-corrected chi connectivity index (χ1v) is 8.22. The highest BCUT2D eigenvalue weighted by atomic mass is 35.5. The predicted molar refractivity (Wildman–Crippen MR) is 91.2 cm³/mol. The first kappa shape index (κ1) is 15.0. The molecule has 2 N–H and O–H groups in total. The van der Waals surface area contributed by atoms with Gasteiger partial charge in [-0.05, 0) is 31.4 Å². The van der Waals surface area contributed by atoms with E-state index in [1.54, 1.807) is 0 Å². The largest absolute Gasteiger partial charge is 0.478 e. The molecule has 3 aromatic rings. The molecule has 1 fully saturated rings. The van der Waals surface area contributed by atoms with Crippen LogP contribution in [0.3, 0.4) is 0 Å². The second-order valence-electron chi connectivity index (χ2n) is 5.91. The third-order valence-electron chi connectivity index (χ3n) is 4.28. The van der Waals surface area contributed by atoms with Crippen molar-refractivity contribution >= 4 is 34.3 Å². The van der Waals surface area contributed by atoms with Crippen LogP contribution in [0, 0.1) is 0 Å². The first-order valence-electron chi connectivity index (χ1n) is 7.84. The third-order valence-corrected chi connectivity index (χ3v) is 4.58. The van der Waals surface area contributed by atoms with Gasteiger partial charge in [0.05, 0.1) is 33.5 Å². The number of nitrogens with one attached hydrogen (secondary N) is 1. The Labute approximate surface area is 142 Å². The van der Waals surface area contributed by atoms with Gasteiger partial charge in [0.2, 0.25) is 5.95 Å². The van der Waals surface area contributed by atoms with E-state index in [0.29, 0.717) is 11.0 Å². The lowest BCUT2D eigenvalue weighted by Crippen LogP contribution is -2.29. The standard InChI is InChI=1S/C16H16ClN5O2/c17-11-6-12-13(7-14(11)21-4-2-1-3-5-21)20-16(19-12)22-9-10(8-18-22)15(23)24/h6-9H,1-5H2,(H,19,20)(H,23,24). The average molecular weight is 346 g/mol. The van der Waals surface area contributed by atoms with Crippen molar-refractivity contribution in [3.05, 3.63) is 35.1 Å². The Balaban J connectivity index is 1.73. The van der Waals surface area contributed by atoms with Crippen molar-refractivity contribution in [1.82, 2.24) is 19.7 Å². The van der Waals surface area contributed by atoms with Crippen molar-refractivity contribution in [2.75, 3.05) is 18.0 Å². The molecule has 3 heterocycles. The van der Waals surface area contributed by atoms with Crippen LogP contribution in [0.25, 0.3) is 17.0 Å². The number of carbonyl (C=O) groups is 1. The Morgan fingerprint density at radius 2 is 2.04 bits per heavy atom. The number of halogens is 1. The Hall–Kier alpha value is -2.54. The number of carboxylic acid groups (broad SMARTS) is 1. The van der Waals surface area contributed by atoms with Crippen LogP contribution in [0.15, 0.2) is 24.5 Å². The van der Waals surface area contributed by atoms with Crippen molar-refractivity contribution in [2.45, 2.75) is 19.3 Å². The summed E-state index contributed by atoms with van der Waals surface area (Å²) < 4.78 is 1.41. The van der Waals surface area contributed by atoms with Crippen LogP contribution in [-0.2, 0) is 0 Å². The minimum absolute atomic E-state index is 0.113. The summed E-state index contributed by atoms with van der Waals surface area (Å²) in [7, 11) is 0. The zero-order valence-corrected chi connectivity index (χ0v) is 13.6. The summed E-state index contributed by atoms with van der Waals surface area (Å²) in [6, 6.07) is 3.84. The molecule has 0 amide bonds. The highest BCUT2D eigenvalue weighted by Crippen LogP contribution is 2.32. The second-order valence-corrected chi connectivity index (χ2v) is 6.31. The molecular weight excluding hydrogens is 330 g/mol. The van der Waals surface area contributed by atoms with Crippen LogP contribution in [0.5, 0.6) is 0 Å². The van der Waals surface area contributed by atoms with E-state index in [0.717, 1.165) is 29.8 Å². The van der Waals surface area contributed by atoms with E-state index in [1.807, 2.05) is 12.1 Å². The number of benzene rings is 1. The summed E-state index contributed by atoms with van der Waals surface area (Å²) in [6.45, 7) is 2.01. The highest BCUT2D eigenvalue weighted by molar-refractivity contribution is 6.34. The molecule has 0 aliphatic carbocycles. The normalized spacial score (nSPS) is 15.1. The number of fused-ring (bicyclic) bond motifs is 1. The lowest BCUT2D eigenvalue weighted by atomic mass is 10.1. The number of hydrogen-bond acceptors (Lipinski definition) is 4. The van der Waals surface area contributed by atoms with Crippen LogP contribution in [0.2, 0.25) is 5.02 Å². The van der Waals surface area contributed by atoms with Gasteiger partial charge in [-0.1, -0.05) is 11.6 Å². The van der Waals surface area contributed by atoms with E-state index in [1.165, 1.54) is 36.3 Å². The van der Waals surface area contributed by atoms with Gasteiger partial charge in [0.15, 0.2) is 0 Å². The van der Waals surface area contributed by atoms with Crippen molar-refractivity contribution < 1.29 is 9.90 Å². The number of aromatic amines is 1. The number of nitrogens with zero attached hydrogens (tertiary/aromatic N) is 4. The molecule has 0 saturated carbocycles. The summed E-state index contributed by atoms with van der Waals surface area (Å²) in [5.41, 5.74) is 2.69. The minimum atomic E-state index is -1.02. The Bertz CT molecular complexity index is 910. The van der Waals surface area contributed by atoms with Crippen LogP contribution >= 0.6 is 11.6 Å². The lowest BCUT2D eigenvalue weighted by Gasteiger charge is -2.29.